The highest BCUT2D eigenvalue weighted by Gasteiger charge is 2.32. The topological polar surface area (TPSA) is 62.6 Å². The van der Waals surface area contributed by atoms with E-state index in [1.54, 1.807) is 27.9 Å². The van der Waals surface area contributed by atoms with Gasteiger partial charge in [-0.1, -0.05) is 6.92 Å². The minimum Gasteiger partial charge on any atom is -0.357 e. The first-order valence-electron chi connectivity index (χ1n) is 6.76. The lowest BCUT2D eigenvalue weighted by atomic mass is 10.2. The fourth-order valence-corrected chi connectivity index (χ4v) is 2.28. The maximum absolute atomic E-state index is 12.1. The predicted molar refractivity (Wildman–Crippen MR) is 73.2 cm³/mol. The summed E-state index contributed by atoms with van der Waals surface area (Å²) in [4.78, 5) is 38.8. The number of rotatable bonds is 5. The average molecular weight is 277 g/mol. The molecule has 1 aromatic heterocycles. The van der Waals surface area contributed by atoms with Gasteiger partial charge >= 0.3 is 11.8 Å². The molecule has 0 atom stereocenters. The van der Waals surface area contributed by atoms with E-state index in [-0.39, 0.29) is 12.3 Å². The van der Waals surface area contributed by atoms with Crippen molar-refractivity contribution in [1.82, 2.24) is 14.4 Å². The maximum Gasteiger partial charge on any atom is 0.312 e. The van der Waals surface area contributed by atoms with Crippen LogP contribution < -0.4 is 0 Å². The van der Waals surface area contributed by atoms with E-state index in [1.807, 2.05) is 14.0 Å². The zero-order valence-electron chi connectivity index (χ0n) is 11.8. The Balaban J connectivity index is 1.99. The molecule has 1 aliphatic heterocycles. The van der Waals surface area contributed by atoms with Crippen LogP contribution in [-0.2, 0) is 16.6 Å². The first-order valence-corrected chi connectivity index (χ1v) is 6.76. The van der Waals surface area contributed by atoms with Crippen LogP contribution >= 0.6 is 0 Å². The molecule has 20 heavy (non-hydrogen) atoms. The minimum atomic E-state index is -0.575. The van der Waals surface area contributed by atoms with Gasteiger partial charge in [-0.2, -0.15) is 0 Å². The Morgan fingerprint density at radius 3 is 2.45 bits per heavy atom. The third-order valence-corrected chi connectivity index (χ3v) is 3.38. The number of hydrogen-bond acceptors (Lipinski definition) is 3. The Hall–Kier alpha value is -2.11. The van der Waals surface area contributed by atoms with Gasteiger partial charge in [-0.25, -0.2) is 0 Å². The van der Waals surface area contributed by atoms with E-state index in [9.17, 15) is 14.4 Å². The van der Waals surface area contributed by atoms with Gasteiger partial charge in [0.2, 0.25) is 0 Å². The Morgan fingerprint density at radius 1 is 1.20 bits per heavy atom. The van der Waals surface area contributed by atoms with Crippen LogP contribution in [0.1, 0.15) is 23.7 Å². The number of piperazine rings is 1. The molecule has 6 nitrogen and oxygen atoms in total. The van der Waals surface area contributed by atoms with Gasteiger partial charge in [0, 0.05) is 44.6 Å². The number of carbonyl (C=O) groups excluding carboxylic acids is 3. The molecule has 2 amide bonds. The normalized spacial score (nSPS) is 15.9. The SMILES string of the molecule is CCCN1CCN(CC(=O)c2ccn(C)c2)C(=O)C1=O. The highest BCUT2D eigenvalue weighted by atomic mass is 16.2. The summed E-state index contributed by atoms with van der Waals surface area (Å²) < 4.78 is 1.78. The van der Waals surface area contributed by atoms with Gasteiger partial charge in [-0.05, 0) is 12.5 Å². The molecule has 0 N–H and O–H groups in total. The van der Waals surface area contributed by atoms with Crippen LogP contribution in [0.4, 0.5) is 0 Å². The van der Waals surface area contributed by atoms with Gasteiger partial charge in [0.1, 0.15) is 0 Å². The summed E-state index contributed by atoms with van der Waals surface area (Å²) in [6.45, 7) is 3.44. The molecule has 0 saturated carbocycles. The molecule has 0 spiro atoms. The molecular formula is C14H19N3O3. The molecule has 6 heteroatoms. The number of aromatic nitrogens is 1. The molecular weight excluding hydrogens is 258 g/mol. The number of carbonyl (C=O) groups is 3. The maximum atomic E-state index is 12.1. The van der Waals surface area contributed by atoms with Crippen LogP contribution in [0.5, 0.6) is 0 Å². The Labute approximate surface area is 117 Å². The van der Waals surface area contributed by atoms with Crippen LogP contribution in [0.15, 0.2) is 18.5 Å². The van der Waals surface area contributed by atoms with E-state index >= 15 is 0 Å². The van der Waals surface area contributed by atoms with Crippen LogP contribution in [0.2, 0.25) is 0 Å². The third kappa shape index (κ3) is 2.89. The molecule has 0 bridgehead atoms. The average Bonchev–Trinajstić information content (AvgIpc) is 2.85. The van der Waals surface area contributed by atoms with Crippen molar-refractivity contribution in [1.29, 1.82) is 0 Å². The van der Waals surface area contributed by atoms with Crippen LogP contribution in [-0.4, -0.2) is 58.1 Å². The summed E-state index contributed by atoms with van der Waals surface area (Å²) >= 11 is 0. The summed E-state index contributed by atoms with van der Waals surface area (Å²) in [5, 5.41) is 0. The Kier molecular flexibility index (Phi) is 4.22. The van der Waals surface area contributed by atoms with Gasteiger partial charge in [0.25, 0.3) is 0 Å². The second-order valence-corrected chi connectivity index (χ2v) is 5.01. The third-order valence-electron chi connectivity index (χ3n) is 3.38. The van der Waals surface area contributed by atoms with Crippen molar-refractivity contribution < 1.29 is 14.4 Å². The zero-order valence-corrected chi connectivity index (χ0v) is 11.8. The van der Waals surface area contributed by atoms with Crippen molar-refractivity contribution in [3.63, 3.8) is 0 Å². The Bertz CT molecular complexity index is 536. The van der Waals surface area contributed by atoms with Crippen LogP contribution in [0.25, 0.3) is 0 Å². The number of aryl methyl sites for hydroxylation is 1. The van der Waals surface area contributed by atoms with E-state index in [4.69, 9.17) is 0 Å². The van der Waals surface area contributed by atoms with E-state index in [2.05, 4.69) is 0 Å². The summed E-state index contributed by atoms with van der Waals surface area (Å²) in [7, 11) is 1.83. The van der Waals surface area contributed by atoms with Crippen molar-refractivity contribution in [3.8, 4) is 0 Å². The summed E-state index contributed by atoms with van der Waals surface area (Å²) in [6.07, 6.45) is 4.31. The van der Waals surface area contributed by atoms with Gasteiger partial charge in [0.05, 0.1) is 6.54 Å². The molecule has 0 unspecified atom stereocenters. The van der Waals surface area contributed by atoms with Crippen molar-refractivity contribution >= 4 is 17.6 Å². The predicted octanol–water partition coefficient (Wildman–Crippen LogP) is 0.289. The van der Waals surface area contributed by atoms with Gasteiger partial charge in [-0.3, -0.25) is 14.4 Å². The lowest BCUT2D eigenvalue weighted by Gasteiger charge is -2.33. The molecule has 1 aliphatic rings. The minimum absolute atomic E-state index is 0.0332. The van der Waals surface area contributed by atoms with Crippen molar-refractivity contribution in [2.45, 2.75) is 13.3 Å². The molecule has 1 saturated heterocycles. The lowest BCUT2D eigenvalue weighted by molar-refractivity contribution is -0.155. The molecule has 0 aromatic carbocycles. The number of nitrogens with zero attached hydrogens (tertiary/aromatic N) is 3. The molecule has 2 rings (SSSR count). The number of Topliss-reactive ketones (excluding diaryl/α,β-unsaturated/α-hetero) is 1. The fourth-order valence-electron chi connectivity index (χ4n) is 2.28. The smallest absolute Gasteiger partial charge is 0.312 e. The highest BCUT2D eigenvalue weighted by Crippen LogP contribution is 2.08. The fraction of sp³-hybridized carbons (Fsp3) is 0.500. The van der Waals surface area contributed by atoms with E-state index in [1.165, 1.54) is 4.90 Å². The first kappa shape index (κ1) is 14.3. The van der Waals surface area contributed by atoms with Crippen molar-refractivity contribution in [3.05, 3.63) is 24.0 Å². The van der Waals surface area contributed by atoms with Crippen molar-refractivity contribution in [2.24, 2.45) is 7.05 Å². The summed E-state index contributed by atoms with van der Waals surface area (Å²) in [6, 6.07) is 1.71. The summed E-state index contributed by atoms with van der Waals surface area (Å²) in [5.41, 5.74) is 0.559. The van der Waals surface area contributed by atoms with Gasteiger partial charge < -0.3 is 14.4 Å². The quantitative estimate of drug-likeness (QED) is 0.574. The van der Waals surface area contributed by atoms with Gasteiger partial charge in [-0.15, -0.1) is 0 Å². The standard InChI is InChI=1S/C14H19N3O3/c1-3-5-16-7-8-17(14(20)13(16)19)10-12(18)11-4-6-15(2)9-11/h4,6,9H,3,5,7-8,10H2,1-2H3. The molecule has 108 valence electrons. The zero-order chi connectivity index (χ0) is 14.7. The highest BCUT2D eigenvalue weighted by molar-refractivity contribution is 6.35. The van der Waals surface area contributed by atoms with Gasteiger partial charge in [0.15, 0.2) is 5.78 Å². The lowest BCUT2D eigenvalue weighted by Crippen LogP contribution is -2.55. The monoisotopic (exact) mass is 277 g/mol. The summed E-state index contributed by atoms with van der Waals surface area (Å²) in [5.74, 6) is -1.22. The number of ketones is 1. The van der Waals surface area contributed by atoms with Crippen LogP contribution in [0, 0.1) is 0 Å². The van der Waals surface area contributed by atoms with E-state index in [0.29, 0.717) is 25.2 Å². The first-order chi connectivity index (χ1) is 9.52. The largest absolute Gasteiger partial charge is 0.357 e. The van der Waals surface area contributed by atoms with E-state index in [0.717, 1.165) is 6.42 Å². The molecule has 1 fully saturated rings. The second kappa shape index (κ2) is 5.90. The molecule has 1 aromatic rings. The molecule has 2 heterocycles. The Morgan fingerprint density at radius 2 is 1.85 bits per heavy atom. The number of amides is 2. The van der Waals surface area contributed by atoms with E-state index < -0.39 is 11.8 Å². The molecule has 0 radical (unpaired) electrons. The molecule has 0 aliphatic carbocycles. The van der Waals surface area contributed by atoms with Crippen molar-refractivity contribution in [2.75, 3.05) is 26.2 Å². The van der Waals surface area contributed by atoms with Crippen LogP contribution in [0.3, 0.4) is 0 Å². The number of hydrogen-bond donors (Lipinski definition) is 0. The second-order valence-electron chi connectivity index (χ2n) is 5.01.